The summed E-state index contributed by atoms with van der Waals surface area (Å²) >= 11 is 12.6. The number of ether oxygens (including phenoxy) is 7. The molecule has 2 saturated carbocycles. The van der Waals surface area contributed by atoms with Gasteiger partial charge in [-0.2, -0.15) is 30.1 Å². The van der Waals surface area contributed by atoms with Crippen LogP contribution in [0.1, 0.15) is 119 Å². The minimum absolute atomic E-state index is 0.00173. The molecule has 29 heteroatoms. The molecule has 7 heterocycles. The zero-order valence-corrected chi connectivity index (χ0v) is 46.1. The van der Waals surface area contributed by atoms with Crippen molar-refractivity contribution in [2.75, 3.05) is 36.7 Å². The predicted octanol–water partition coefficient (Wildman–Crippen LogP) is 6.88. The van der Waals surface area contributed by atoms with E-state index in [1.165, 1.54) is 17.8 Å². The molecule has 0 bridgehead atoms. The standard InChI is InChI=1S/C28H43ClN5O8P.C17H25ClN5O7P/c1-9-38-43(8,36)16(2)37-15-19-20-21(41-28(6,7)40-20)24(39-19)34-23-18(14-30-34)22(31-25(29)32-23)33(17-12-10-11-13-17)26(35)42-27(3,4)5;1-8(31(26,27)28)29-7-11-12(24)13(25)16(30-11)23-15-10(6-19-23)14(21-17(18)22-15)20-9-4-2-3-5-9/h14,16-17,19-21,24H,9-13,15H2,1-8H3;6,8-9,11-13,16,24-25H,2-5,7H2,1H3,(H,20,21,22)(H2,26,27,28)/t16?,19-,20-,21-,24-,43?;8?,11-,12-,13-,16-/m11/s1. The van der Waals surface area contributed by atoms with E-state index in [0.717, 1.165) is 51.4 Å². The summed E-state index contributed by atoms with van der Waals surface area (Å²) in [5.74, 6) is -2.02. The minimum Gasteiger partial charge on any atom is -0.443 e. The number of aliphatic hydroxyl groups excluding tert-OH is 2. The lowest BCUT2D eigenvalue weighted by Crippen LogP contribution is -2.43. The molecule has 2 aliphatic carbocycles. The maximum Gasteiger partial charge on any atom is 0.416 e. The van der Waals surface area contributed by atoms with Crippen LogP contribution in [0.25, 0.3) is 22.1 Å². The molecule has 9 rings (SSSR count). The van der Waals surface area contributed by atoms with E-state index in [-0.39, 0.29) is 35.9 Å². The highest BCUT2D eigenvalue weighted by Crippen LogP contribution is 2.50. The van der Waals surface area contributed by atoms with Crippen molar-refractivity contribution in [3.8, 4) is 0 Å². The summed E-state index contributed by atoms with van der Waals surface area (Å²) in [5.41, 5.74) is 0.000663. The molecule has 4 aromatic rings. The van der Waals surface area contributed by atoms with Crippen LogP contribution < -0.4 is 10.2 Å². The van der Waals surface area contributed by atoms with E-state index >= 15 is 0 Å². The first-order valence-corrected chi connectivity index (χ1v) is 29.5. The Balaban J connectivity index is 0.000000208. The monoisotopic (exact) mass is 1120 g/mol. The number of carbonyl (C=O) groups excluding carboxylic acids is 1. The van der Waals surface area contributed by atoms with Crippen molar-refractivity contribution in [3.63, 3.8) is 0 Å². The molecule has 11 atom stereocenters. The lowest BCUT2D eigenvalue weighted by Gasteiger charge is -2.31. The van der Waals surface area contributed by atoms with Crippen LogP contribution in [0, 0.1) is 0 Å². The number of nitrogens with zero attached hydrogens (tertiary/aromatic N) is 9. The first-order valence-electron chi connectivity index (χ1n) is 24.9. The van der Waals surface area contributed by atoms with E-state index in [9.17, 15) is 24.1 Å². The second-order valence-corrected chi connectivity index (χ2v) is 26.1. The Kier molecular flexibility index (Phi) is 17.4. The van der Waals surface area contributed by atoms with Crippen LogP contribution in [0.2, 0.25) is 10.6 Å². The third kappa shape index (κ3) is 12.7. The van der Waals surface area contributed by atoms with Gasteiger partial charge in [-0.1, -0.05) is 25.7 Å². The molecule has 5 N–H and O–H groups in total. The molecule has 3 saturated heterocycles. The van der Waals surface area contributed by atoms with Gasteiger partial charge >= 0.3 is 13.7 Å². The number of anilines is 2. The Morgan fingerprint density at radius 2 is 1.39 bits per heavy atom. The van der Waals surface area contributed by atoms with Crippen LogP contribution in [-0.2, 0) is 46.8 Å². The van der Waals surface area contributed by atoms with Gasteiger partial charge in [-0.25, -0.2) is 14.2 Å². The second-order valence-electron chi connectivity index (χ2n) is 20.7. The SMILES string of the molecule is CC(OC[C@H]1O[C@@H](n2ncc3c(NC4CCCC4)nc(Cl)nc32)[C@H](O)[C@@H]1O)P(=O)(O)O.CCOP(C)(=O)C(C)OC[C@H]1O[C@@H](n2ncc3c(N(C(=O)OC(C)(C)C)C4CCCC4)nc(Cl)nc32)[C@@H]2OC(C)(C)O[C@@H]21. The largest absolute Gasteiger partial charge is 0.443 e. The highest BCUT2D eigenvalue weighted by atomic mass is 35.5. The van der Waals surface area contributed by atoms with Crippen molar-refractivity contribution in [2.45, 2.75) is 191 Å². The van der Waals surface area contributed by atoms with Crippen LogP contribution in [0.4, 0.5) is 16.4 Å². The normalized spacial score (nSPS) is 28.0. The van der Waals surface area contributed by atoms with E-state index in [2.05, 4.69) is 35.5 Å². The molecule has 3 unspecified atom stereocenters. The second kappa shape index (κ2) is 22.6. The molecule has 0 radical (unpaired) electrons. The minimum atomic E-state index is -4.45. The van der Waals surface area contributed by atoms with E-state index in [1.54, 1.807) is 36.3 Å². The lowest BCUT2D eigenvalue weighted by molar-refractivity contribution is -0.203. The van der Waals surface area contributed by atoms with Gasteiger partial charge < -0.3 is 63.0 Å². The van der Waals surface area contributed by atoms with Crippen LogP contribution in [-0.4, -0.2) is 164 Å². The lowest BCUT2D eigenvalue weighted by atomic mass is 10.1. The van der Waals surface area contributed by atoms with E-state index in [4.69, 9.17) is 70.7 Å². The van der Waals surface area contributed by atoms with E-state index in [0.29, 0.717) is 40.3 Å². The summed E-state index contributed by atoms with van der Waals surface area (Å²) in [4.78, 5) is 50.9. The highest BCUT2D eigenvalue weighted by Gasteiger charge is 2.57. The quantitative estimate of drug-likeness (QED) is 0.0564. The molecule has 5 fully saturated rings. The molecule has 412 valence electrons. The number of amides is 1. The number of carbonyl (C=O) groups is 1. The number of halogens is 2. The summed E-state index contributed by atoms with van der Waals surface area (Å²) in [7, 11) is -7.43. The summed E-state index contributed by atoms with van der Waals surface area (Å²) in [6.07, 6.45) is 3.39. The van der Waals surface area contributed by atoms with Crippen molar-refractivity contribution in [2.24, 2.45) is 0 Å². The first kappa shape index (κ1) is 57.0. The fraction of sp³-hybridized carbons (Fsp3) is 0.756. The van der Waals surface area contributed by atoms with Gasteiger partial charge in [-0.3, -0.25) is 14.0 Å². The van der Waals surface area contributed by atoms with Crippen molar-refractivity contribution < 1.29 is 71.6 Å². The van der Waals surface area contributed by atoms with Gasteiger partial charge in [-0.15, -0.1) is 0 Å². The van der Waals surface area contributed by atoms with Gasteiger partial charge in [0.15, 0.2) is 41.2 Å². The van der Waals surface area contributed by atoms with Gasteiger partial charge in [0, 0.05) is 18.7 Å². The maximum atomic E-state index is 13.5. The number of hydrogen-bond donors (Lipinski definition) is 5. The van der Waals surface area contributed by atoms with Gasteiger partial charge in [0.25, 0.3) is 0 Å². The fourth-order valence-electron chi connectivity index (χ4n) is 9.72. The molecule has 74 heavy (non-hydrogen) atoms. The van der Waals surface area contributed by atoms with Crippen LogP contribution in [0.5, 0.6) is 0 Å². The molecular formula is C45H68Cl2N10O15P2. The van der Waals surface area contributed by atoms with Crippen LogP contribution >= 0.6 is 38.2 Å². The predicted molar refractivity (Wildman–Crippen MR) is 269 cm³/mol. The number of aliphatic hydroxyl groups is 2. The third-order valence-corrected chi connectivity index (χ3v) is 17.2. The summed E-state index contributed by atoms with van der Waals surface area (Å²) < 4.78 is 74.0. The summed E-state index contributed by atoms with van der Waals surface area (Å²) in [6.45, 7) is 15.5. The number of nitrogens with one attached hydrogen (secondary N) is 1. The van der Waals surface area contributed by atoms with Crippen LogP contribution in [0.3, 0.4) is 0 Å². The Labute approximate surface area is 438 Å². The topological polar surface area (TPSA) is 308 Å². The van der Waals surface area contributed by atoms with Crippen molar-refractivity contribution in [1.82, 2.24) is 39.5 Å². The molecule has 1 amide bonds. The van der Waals surface area contributed by atoms with Crippen LogP contribution in [0.15, 0.2) is 12.4 Å². The summed E-state index contributed by atoms with van der Waals surface area (Å²) in [5, 5.41) is 34.2. The van der Waals surface area contributed by atoms with Crippen molar-refractivity contribution in [3.05, 3.63) is 23.0 Å². The summed E-state index contributed by atoms with van der Waals surface area (Å²) in [6, 6.07) is 0.187. The first-order chi connectivity index (χ1) is 34.7. The Bertz CT molecular complexity index is 2720. The number of aromatic nitrogens is 8. The molecular weight excluding hydrogens is 1050 g/mol. The molecule has 3 aliphatic heterocycles. The molecule has 4 aromatic heterocycles. The smallest absolute Gasteiger partial charge is 0.416 e. The molecule has 0 aromatic carbocycles. The maximum absolute atomic E-state index is 13.5. The van der Waals surface area contributed by atoms with E-state index < -0.39 is 93.2 Å². The van der Waals surface area contributed by atoms with Gasteiger partial charge in [-0.05, 0) is 104 Å². The molecule has 0 spiro atoms. The van der Waals surface area contributed by atoms with Gasteiger partial charge in [0.05, 0.1) is 43.0 Å². The van der Waals surface area contributed by atoms with Crippen molar-refractivity contribution >= 4 is 78.0 Å². The van der Waals surface area contributed by atoms with Gasteiger partial charge in [0.2, 0.25) is 17.9 Å². The Hall–Kier alpha value is -3.23. The average Bonchev–Trinajstić information content (AvgIpc) is 4.18. The highest BCUT2D eigenvalue weighted by molar-refractivity contribution is 7.58. The van der Waals surface area contributed by atoms with E-state index in [1.807, 2.05) is 34.6 Å². The molecule has 25 nitrogen and oxygen atoms in total. The number of rotatable bonds is 16. The zero-order valence-electron chi connectivity index (χ0n) is 42.8. The van der Waals surface area contributed by atoms with Gasteiger partial charge in [0.1, 0.15) is 53.9 Å². The Morgan fingerprint density at radius 3 is 2.03 bits per heavy atom. The Morgan fingerprint density at radius 1 is 0.838 bits per heavy atom. The third-order valence-electron chi connectivity index (χ3n) is 13.5. The number of fused-ring (bicyclic) bond motifs is 3. The molecule has 5 aliphatic rings. The fourth-order valence-corrected chi connectivity index (χ4v) is 11.4. The van der Waals surface area contributed by atoms with Crippen molar-refractivity contribution in [1.29, 1.82) is 0 Å². The zero-order chi connectivity index (χ0) is 53.7. The number of hydrogen-bond acceptors (Lipinski definition) is 20. The average molecular weight is 1120 g/mol.